The number of rotatable bonds is 45. The molecule has 0 aromatic rings. The zero-order valence-corrected chi connectivity index (χ0v) is 39.2. The molecule has 0 aliphatic heterocycles. The number of hydrogen-bond acceptors (Lipinski definition) is 5. The van der Waals surface area contributed by atoms with Crippen molar-refractivity contribution >= 4 is 11.9 Å². The number of esters is 2. The molecule has 0 saturated carbocycles. The number of aliphatic hydroxyl groups is 1. The molecule has 0 bridgehead atoms. The second-order valence-corrected chi connectivity index (χ2v) is 16.5. The lowest BCUT2D eigenvalue weighted by molar-refractivity contribution is -0.161. The van der Waals surface area contributed by atoms with E-state index in [1.807, 2.05) is 0 Å². The molecule has 1 unspecified atom stereocenters. The van der Waals surface area contributed by atoms with Crippen LogP contribution in [-0.2, 0) is 19.1 Å². The van der Waals surface area contributed by atoms with Gasteiger partial charge in [-0.15, -0.1) is 0 Å². The summed E-state index contributed by atoms with van der Waals surface area (Å²) in [7, 11) is 0. The van der Waals surface area contributed by atoms with Gasteiger partial charge in [0, 0.05) is 12.8 Å². The van der Waals surface area contributed by atoms with E-state index < -0.39 is 6.10 Å². The van der Waals surface area contributed by atoms with Crippen LogP contribution in [0.5, 0.6) is 0 Å². The SMILES string of the molecule is CC/C=C\C/C=C\C/C=C\C/C=C\C/C=C\CCCCCC(=O)OC(CO)COC(=O)CCCCCCCCCCCCCCCCC/C=C\C/C=C\CCCCCCC. The molecule has 0 aliphatic carbocycles. The van der Waals surface area contributed by atoms with Crippen molar-refractivity contribution in [3.63, 3.8) is 0 Å². The maximum absolute atomic E-state index is 12.2. The summed E-state index contributed by atoms with van der Waals surface area (Å²) >= 11 is 0. The fraction of sp³-hybridized carbons (Fsp3) is 0.709. The van der Waals surface area contributed by atoms with E-state index in [9.17, 15) is 14.7 Å². The Hall–Kier alpha value is -2.92. The minimum absolute atomic E-state index is 0.0826. The molecule has 60 heavy (non-hydrogen) atoms. The van der Waals surface area contributed by atoms with Crippen LogP contribution in [0.15, 0.2) is 85.1 Å². The third-order valence-electron chi connectivity index (χ3n) is 10.7. The van der Waals surface area contributed by atoms with Gasteiger partial charge < -0.3 is 14.6 Å². The van der Waals surface area contributed by atoms with E-state index in [0.717, 1.165) is 83.5 Å². The van der Waals surface area contributed by atoms with E-state index in [2.05, 4.69) is 98.9 Å². The lowest BCUT2D eigenvalue weighted by atomic mass is 10.0. The predicted molar refractivity (Wildman–Crippen MR) is 260 cm³/mol. The minimum Gasteiger partial charge on any atom is -0.462 e. The van der Waals surface area contributed by atoms with Gasteiger partial charge in [0.1, 0.15) is 6.61 Å². The van der Waals surface area contributed by atoms with Crippen LogP contribution in [0.3, 0.4) is 0 Å². The first kappa shape index (κ1) is 57.1. The smallest absolute Gasteiger partial charge is 0.306 e. The van der Waals surface area contributed by atoms with Gasteiger partial charge in [-0.3, -0.25) is 9.59 Å². The second kappa shape index (κ2) is 50.4. The Morgan fingerprint density at radius 2 is 0.717 bits per heavy atom. The number of carbonyl (C=O) groups excluding carboxylic acids is 2. The molecule has 0 radical (unpaired) electrons. The molecule has 1 atom stereocenters. The fourth-order valence-electron chi connectivity index (χ4n) is 6.91. The van der Waals surface area contributed by atoms with Gasteiger partial charge >= 0.3 is 11.9 Å². The summed E-state index contributed by atoms with van der Waals surface area (Å²) in [6, 6.07) is 0. The Morgan fingerprint density at radius 3 is 1.10 bits per heavy atom. The molecular formula is C55H94O5. The number of carbonyl (C=O) groups is 2. The summed E-state index contributed by atoms with van der Waals surface area (Å²) in [6.07, 6.45) is 69.6. The Bertz CT molecular complexity index is 1130. The summed E-state index contributed by atoms with van der Waals surface area (Å²) in [6.45, 7) is 4.00. The van der Waals surface area contributed by atoms with E-state index in [1.165, 1.54) is 122 Å². The van der Waals surface area contributed by atoms with E-state index >= 15 is 0 Å². The molecule has 0 heterocycles. The first-order chi connectivity index (χ1) is 29.6. The predicted octanol–water partition coefficient (Wildman–Crippen LogP) is 16.6. The van der Waals surface area contributed by atoms with Crippen LogP contribution in [0.4, 0.5) is 0 Å². The average molecular weight is 835 g/mol. The number of aliphatic hydroxyl groups excluding tert-OH is 1. The Labute approximate surface area is 371 Å². The molecule has 0 rings (SSSR count). The first-order valence-corrected chi connectivity index (χ1v) is 25.1. The van der Waals surface area contributed by atoms with Gasteiger partial charge in [-0.25, -0.2) is 0 Å². The molecule has 0 aliphatic rings. The van der Waals surface area contributed by atoms with Gasteiger partial charge in [0.25, 0.3) is 0 Å². The largest absolute Gasteiger partial charge is 0.462 e. The first-order valence-electron chi connectivity index (χ1n) is 25.1. The molecule has 0 aromatic carbocycles. The highest BCUT2D eigenvalue weighted by Crippen LogP contribution is 2.15. The van der Waals surface area contributed by atoms with Crippen LogP contribution < -0.4 is 0 Å². The molecule has 0 amide bonds. The lowest BCUT2D eigenvalue weighted by Crippen LogP contribution is -2.28. The maximum Gasteiger partial charge on any atom is 0.306 e. The highest BCUT2D eigenvalue weighted by atomic mass is 16.6. The summed E-state index contributed by atoms with van der Waals surface area (Å²) < 4.78 is 10.6. The van der Waals surface area contributed by atoms with Crippen LogP contribution in [0.25, 0.3) is 0 Å². The van der Waals surface area contributed by atoms with Crippen molar-refractivity contribution in [3.8, 4) is 0 Å². The third-order valence-corrected chi connectivity index (χ3v) is 10.7. The van der Waals surface area contributed by atoms with Gasteiger partial charge in [-0.2, -0.15) is 0 Å². The van der Waals surface area contributed by atoms with Gasteiger partial charge in [0.15, 0.2) is 6.10 Å². The van der Waals surface area contributed by atoms with E-state index in [-0.39, 0.29) is 25.2 Å². The fourth-order valence-corrected chi connectivity index (χ4v) is 6.91. The van der Waals surface area contributed by atoms with Gasteiger partial charge in [0.05, 0.1) is 6.61 Å². The van der Waals surface area contributed by atoms with E-state index in [1.54, 1.807) is 0 Å². The summed E-state index contributed by atoms with van der Waals surface area (Å²) in [5.74, 6) is -0.628. The van der Waals surface area contributed by atoms with Crippen molar-refractivity contribution in [2.45, 2.75) is 238 Å². The Morgan fingerprint density at radius 1 is 0.400 bits per heavy atom. The number of ether oxygens (including phenoxy) is 2. The number of allylic oxidation sites excluding steroid dienone is 14. The quantitative estimate of drug-likeness (QED) is 0.0376. The van der Waals surface area contributed by atoms with Crippen molar-refractivity contribution in [3.05, 3.63) is 85.1 Å². The van der Waals surface area contributed by atoms with Crippen molar-refractivity contribution in [2.75, 3.05) is 13.2 Å². The zero-order chi connectivity index (χ0) is 43.5. The lowest BCUT2D eigenvalue weighted by Gasteiger charge is -2.15. The normalized spacial score (nSPS) is 12.9. The van der Waals surface area contributed by atoms with Crippen LogP contribution in [0.2, 0.25) is 0 Å². The maximum atomic E-state index is 12.2. The third kappa shape index (κ3) is 47.8. The minimum atomic E-state index is -0.794. The Kier molecular flexibility index (Phi) is 48.0. The van der Waals surface area contributed by atoms with E-state index in [0.29, 0.717) is 12.8 Å². The molecule has 0 saturated heterocycles. The molecule has 1 N–H and O–H groups in total. The van der Waals surface area contributed by atoms with Crippen LogP contribution >= 0.6 is 0 Å². The highest BCUT2D eigenvalue weighted by Gasteiger charge is 2.16. The van der Waals surface area contributed by atoms with Crippen molar-refractivity contribution < 1.29 is 24.2 Å². The van der Waals surface area contributed by atoms with Gasteiger partial charge in [-0.1, -0.05) is 214 Å². The molecule has 5 nitrogen and oxygen atoms in total. The zero-order valence-electron chi connectivity index (χ0n) is 39.2. The van der Waals surface area contributed by atoms with E-state index in [4.69, 9.17) is 9.47 Å². The van der Waals surface area contributed by atoms with Crippen LogP contribution in [-0.4, -0.2) is 36.4 Å². The van der Waals surface area contributed by atoms with Gasteiger partial charge in [-0.05, 0) is 89.9 Å². The molecule has 0 spiro atoms. The summed E-state index contributed by atoms with van der Waals surface area (Å²) in [4.78, 5) is 24.4. The van der Waals surface area contributed by atoms with Crippen molar-refractivity contribution in [2.24, 2.45) is 0 Å². The molecule has 344 valence electrons. The second-order valence-electron chi connectivity index (χ2n) is 16.5. The molecule has 5 heteroatoms. The monoisotopic (exact) mass is 835 g/mol. The average Bonchev–Trinajstić information content (AvgIpc) is 3.25. The summed E-state index contributed by atoms with van der Waals surface area (Å²) in [5.41, 5.74) is 0. The number of unbranched alkanes of at least 4 members (excludes halogenated alkanes) is 23. The topological polar surface area (TPSA) is 72.8 Å². The number of hydrogen-bond donors (Lipinski definition) is 1. The van der Waals surface area contributed by atoms with Crippen molar-refractivity contribution in [1.82, 2.24) is 0 Å². The van der Waals surface area contributed by atoms with Crippen LogP contribution in [0, 0.1) is 0 Å². The van der Waals surface area contributed by atoms with Crippen molar-refractivity contribution in [1.29, 1.82) is 0 Å². The molecule has 0 fully saturated rings. The van der Waals surface area contributed by atoms with Crippen LogP contribution in [0.1, 0.15) is 232 Å². The molecular weight excluding hydrogens is 741 g/mol. The van der Waals surface area contributed by atoms with Gasteiger partial charge in [0.2, 0.25) is 0 Å². The highest BCUT2D eigenvalue weighted by molar-refractivity contribution is 5.70. The standard InChI is InChI=1S/C55H94O5/c1-3-5-7-9-11-13-15-17-19-21-23-24-25-26-27-28-29-30-32-33-35-37-39-41-43-45-47-49-54(57)59-52-53(51-56)60-55(58)50-48-46-44-42-40-38-36-34-31-22-20-18-16-14-12-10-8-6-4-2/h6,8,12,14-15,17-18,20-21,23,31,34,38,40,53,56H,3-5,7,9-11,13,16,19,22,24-30,32-33,35-37,39,41-52H2,1-2H3/b8-6-,14-12-,17-15-,20-18-,23-21-,34-31-,40-38-. The molecule has 0 aromatic heterocycles. The summed E-state index contributed by atoms with van der Waals surface area (Å²) in [5, 5.41) is 9.61. The Balaban J connectivity index is 3.54.